The quantitative estimate of drug-likeness (QED) is 0.921. The Bertz CT molecular complexity index is 540. The number of hydrogen-bond donors (Lipinski definition) is 1. The van der Waals surface area contributed by atoms with Gasteiger partial charge in [-0.05, 0) is 37.2 Å². The minimum Gasteiger partial charge on any atom is -0.318 e. The van der Waals surface area contributed by atoms with Gasteiger partial charge in [-0.2, -0.15) is 0 Å². The standard InChI is InChI=1S/C18H26N2O/c1-11(2)8-15-18(21)20(16-10-13(16)4)17(19-15)14-7-5-6-12(3)9-14/h5-7,9,11,13,15-17,19H,8,10H2,1-4H3. The van der Waals surface area contributed by atoms with Crippen molar-refractivity contribution >= 4 is 5.91 Å². The number of carbonyl (C=O) groups is 1. The molecule has 3 nitrogen and oxygen atoms in total. The summed E-state index contributed by atoms with van der Waals surface area (Å²) in [5.41, 5.74) is 2.46. The van der Waals surface area contributed by atoms with Crippen molar-refractivity contribution < 1.29 is 4.79 Å². The highest BCUT2D eigenvalue weighted by Gasteiger charge is 2.50. The highest BCUT2D eigenvalue weighted by molar-refractivity contribution is 5.85. The van der Waals surface area contributed by atoms with Crippen LogP contribution in [0.1, 0.15) is 50.9 Å². The van der Waals surface area contributed by atoms with Crippen LogP contribution in [0.2, 0.25) is 0 Å². The summed E-state index contributed by atoms with van der Waals surface area (Å²) in [6.07, 6.45) is 2.11. The van der Waals surface area contributed by atoms with Gasteiger partial charge in [0.1, 0.15) is 6.17 Å². The van der Waals surface area contributed by atoms with Crippen LogP contribution in [0.3, 0.4) is 0 Å². The second-order valence-electron chi connectivity index (χ2n) is 7.19. The summed E-state index contributed by atoms with van der Waals surface area (Å²) < 4.78 is 0. The molecule has 1 N–H and O–H groups in total. The van der Waals surface area contributed by atoms with Crippen molar-refractivity contribution in [2.75, 3.05) is 0 Å². The molecule has 1 saturated heterocycles. The Balaban J connectivity index is 1.88. The van der Waals surface area contributed by atoms with Crippen LogP contribution >= 0.6 is 0 Å². The second-order valence-corrected chi connectivity index (χ2v) is 7.19. The van der Waals surface area contributed by atoms with Gasteiger partial charge in [0.25, 0.3) is 0 Å². The van der Waals surface area contributed by atoms with E-state index in [4.69, 9.17) is 0 Å². The third-order valence-electron chi connectivity index (χ3n) is 4.68. The minimum atomic E-state index is -0.0247. The van der Waals surface area contributed by atoms with Crippen molar-refractivity contribution in [1.82, 2.24) is 10.2 Å². The predicted octanol–water partition coefficient (Wildman–Crippen LogP) is 3.25. The largest absolute Gasteiger partial charge is 0.318 e. The molecule has 2 aliphatic rings. The molecule has 1 aromatic carbocycles. The molecule has 0 bridgehead atoms. The third kappa shape index (κ3) is 2.84. The first-order chi connectivity index (χ1) is 9.97. The van der Waals surface area contributed by atoms with E-state index in [0.29, 0.717) is 23.8 Å². The first-order valence-electron chi connectivity index (χ1n) is 8.12. The highest BCUT2D eigenvalue weighted by Crippen LogP contribution is 2.42. The van der Waals surface area contributed by atoms with Crippen molar-refractivity contribution in [2.45, 2.75) is 58.8 Å². The van der Waals surface area contributed by atoms with Crippen molar-refractivity contribution in [2.24, 2.45) is 11.8 Å². The van der Waals surface area contributed by atoms with Crippen LogP contribution in [0.25, 0.3) is 0 Å². The van der Waals surface area contributed by atoms with Gasteiger partial charge in [0.15, 0.2) is 0 Å². The normalized spacial score (nSPS) is 32.0. The van der Waals surface area contributed by atoms with Gasteiger partial charge in [0, 0.05) is 6.04 Å². The van der Waals surface area contributed by atoms with Crippen LogP contribution in [-0.2, 0) is 4.79 Å². The van der Waals surface area contributed by atoms with Gasteiger partial charge in [-0.3, -0.25) is 10.1 Å². The molecule has 2 fully saturated rings. The van der Waals surface area contributed by atoms with E-state index >= 15 is 0 Å². The summed E-state index contributed by atoms with van der Waals surface area (Å²) in [7, 11) is 0. The Labute approximate surface area is 127 Å². The fourth-order valence-electron chi connectivity index (χ4n) is 3.43. The first-order valence-corrected chi connectivity index (χ1v) is 8.12. The Kier molecular flexibility index (Phi) is 3.78. The number of amides is 1. The Hall–Kier alpha value is -1.35. The van der Waals surface area contributed by atoms with E-state index in [1.54, 1.807) is 0 Å². The lowest BCUT2D eigenvalue weighted by Crippen LogP contribution is -2.34. The molecule has 1 heterocycles. The van der Waals surface area contributed by atoms with Gasteiger partial charge in [-0.15, -0.1) is 0 Å². The Morgan fingerprint density at radius 1 is 1.38 bits per heavy atom. The molecule has 3 heteroatoms. The van der Waals surface area contributed by atoms with E-state index in [1.165, 1.54) is 11.1 Å². The number of aryl methyl sites for hydroxylation is 1. The summed E-state index contributed by atoms with van der Waals surface area (Å²) >= 11 is 0. The summed E-state index contributed by atoms with van der Waals surface area (Å²) in [6.45, 7) is 8.70. The maximum atomic E-state index is 12.8. The molecule has 4 unspecified atom stereocenters. The maximum Gasteiger partial charge on any atom is 0.241 e. The molecule has 1 aliphatic carbocycles. The number of rotatable bonds is 4. The fraction of sp³-hybridized carbons (Fsp3) is 0.611. The molecule has 1 amide bonds. The monoisotopic (exact) mass is 286 g/mol. The van der Waals surface area contributed by atoms with Gasteiger partial charge in [0.05, 0.1) is 6.04 Å². The summed E-state index contributed by atoms with van der Waals surface area (Å²) in [5, 5.41) is 3.58. The molecule has 21 heavy (non-hydrogen) atoms. The van der Waals surface area contributed by atoms with Crippen LogP contribution in [0.5, 0.6) is 0 Å². The van der Waals surface area contributed by atoms with Gasteiger partial charge in [-0.25, -0.2) is 0 Å². The zero-order chi connectivity index (χ0) is 15.1. The molecule has 0 radical (unpaired) electrons. The number of benzene rings is 1. The van der Waals surface area contributed by atoms with Crippen molar-refractivity contribution in [1.29, 1.82) is 0 Å². The van der Waals surface area contributed by atoms with Crippen molar-refractivity contribution in [3.63, 3.8) is 0 Å². The van der Waals surface area contributed by atoms with Gasteiger partial charge in [0.2, 0.25) is 5.91 Å². The smallest absolute Gasteiger partial charge is 0.241 e. The van der Waals surface area contributed by atoms with Crippen LogP contribution in [0.4, 0.5) is 0 Å². The van der Waals surface area contributed by atoms with Crippen LogP contribution in [-0.4, -0.2) is 22.9 Å². The van der Waals surface area contributed by atoms with E-state index < -0.39 is 0 Å². The Morgan fingerprint density at radius 2 is 2.10 bits per heavy atom. The van der Waals surface area contributed by atoms with Gasteiger partial charge in [-0.1, -0.05) is 50.6 Å². The molecule has 4 atom stereocenters. The van der Waals surface area contributed by atoms with Gasteiger partial charge >= 0.3 is 0 Å². The minimum absolute atomic E-state index is 0.0247. The lowest BCUT2D eigenvalue weighted by Gasteiger charge is -2.25. The maximum absolute atomic E-state index is 12.8. The van der Waals surface area contributed by atoms with E-state index in [0.717, 1.165) is 12.8 Å². The average molecular weight is 286 g/mol. The van der Waals surface area contributed by atoms with Gasteiger partial charge < -0.3 is 4.90 Å². The lowest BCUT2D eigenvalue weighted by atomic mass is 10.0. The third-order valence-corrected chi connectivity index (χ3v) is 4.68. The van der Waals surface area contributed by atoms with Crippen LogP contribution in [0, 0.1) is 18.8 Å². The predicted molar refractivity (Wildman–Crippen MR) is 84.7 cm³/mol. The fourth-order valence-corrected chi connectivity index (χ4v) is 3.43. The van der Waals surface area contributed by atoms with Crippen molar-refractivity contribution in [3.8, 4) is 0 Å². The van der Waals surface area contributed by atoms with E-state index in [9.17, 15) is 4.79 Å². The molecule has 3 rings (SSSR count). The number of carbonyl (C=O) groups excluding carboxylic acids is 1. The molecule has 0 spiro atoms. The zero-order valence-electron chi connectivity index (χ0n) is 13.5. The van der Waals surface area contributed by atoms with E-state index in [2.05, 4.69) is 62.2 Å². The number of hydrogen-bond acceptors (Lipinski definition) is 2. The molecule has 114 valence electrons. The number of nitrogens with one attached hydrogen (secondary N) is 1. The molecular formula is C18H26N2O. The van der Waals surface area contributed by atoms with E-state index in [-0.39, 0.29) is 12.2 Å². The second kappa shape index (κ2) is 5.45. The molecule has 0 aromatic heterocycles. The summed E-state index contributed by atoms with van der Waals surface area (Å²) in [4.78, 5) is 14.9. The highest BCUT2D eigenvalue weighted by atomic mass is 16.2. The van der Waals surface area contributed by atoms with E-state index in [1.807, 2.05) is 0 Å². The molecule has 1 saturated carbocycles. The topological polar surface area (TPSA) is 32.3 Å². The summed E-state index contributed by atoms with van der Waals surface area (Å²) in [6, 6.07) is 8.92. The Morgan fingerprint density at radius 3 is 2.67 bits per heavy atom. The van der Waals surface area contributed by atoms with Crippen molar-refractivity contribution in [3.05, 3.63) is 35.4 Å². The SMILES string of the molecule is Cc1cccc(C2NC(CC(C)C)C(=O)N2C2CC2C)c1. The molecule has 1 aromatic rings. The summed E-state index contributed by atoms with van der Waals surface area (Å²) in [5.74, 6) is 1.46. The van der Waals surface area contributed by atoms with Crippen LogP contribution < -0.4 is 5.32 Å². The lowest BCUT2D eigenvalue weighted by molar-refractivity contribution is -0.131. The number of nitrogens with zero attached hydrogens (tertiary/aromatic N) is 1. The molecule has 1 aliphatic heterocycles. The first kappa shape index (κ1) is 14.6. The molecular weight excluding hydrogens is 260 g/mol. The average Bonchev–Trinajstić information content (AvgIpc) is 3.04. The zero-order valence-corrected chi connectivity index (χ0v) is 13.5. The van der Waals surface area contributed by atoms with Crippen LogP contribution in [0.15, 0.2) is 24.3 Å².